The number of carbonyl (C=O) groups is 1. The molecule has 0 spiro atoms. The second-order valence-corrected chi connectivity index (χ2v) is 7.75. The van der Waals surface area contributed by atoms with Crippen molar-refractivity contribution in [1.82, 2.24) is 19.2 Å². The number of piperazine rings is 1. The average Bonchev–Trinajstić information content (AvgIpc) is 3.19. The highest BCUT2D eigenvalue weighted by atomic mass is 16.5. The average molecular weight is 393 g/mol. The molecule has 1 atom stereocenters. The van der Waals surface area contributed by atoms with Gasteiger partial charge >= 0.3 is 5.97 Å². The molecule has 1 aliphatic rings. The molecular formula is C23H28N4O2. The molecule has 0 N–H and O–H groups in total. The fraction of sp³-hybridized carbons (Fsp3) is 0.391. The lowest BCUT2D eigenvalue weighted by Crippen LogP contribution is -2.45. The first-order valence-corrected chi connectivity index (χ1v) is 10.2. The van der Waals surface area contributed by atoms with E-state index in [1.807, 2.05) is 66.2 Å². The van der Waals surface area contributed by atoms with Gasteiger partial charge in [-0.1, -0.05) is 30.3 Å². The molecule has 1 aliphatic heterocycles. The number of rotatable bonds is 6. The summed E-state index contributed by atoms with van der Waals surface area (Å²) in [6, 6.07) is 14.0. The Labute approximate surface area is 171 Å². The zero-order chi connectivity index (χ0) is 20.2. The smallest absolute Gasteiger partial charge is 0.313 e. The first-order valence-electron chi connectivity index (χ1n) is 10.2. The highest BCUT2D eigenvalue weighted by Gasteiger charge is 2.18. The number of aromatic nitrogens is 2. The molecule has 1 aromatic carbocycles. The Morgan fingerprint density at radius 2 is 1.86 bits per heavy atom. The molecule has 29 heavy (non-hydrogen) atoms. The van der Waals surface area contributed by atoms with Gasteiger partial charge < -0.3 is 14.0 Å². The minimum Gasteiger partial charge on any atom is -0.464 e. The molecule has 0 saturated carbocycles. The number of esters is 1. The first kappa shape index (κ1) is 19.6. The van der Waals surface area contributed by atoms with Crippen molar-refractivity contribution in [1.29, 1.82) is 0 Å². The number of fused-ring (bicyclic) bond motifs is 1. The number of benzene rings is 1. The van der Waals surface area contributed by atoms with Gasteiger partial charge in [-0.25, -0.2) is 4.98 Å². The van der Waals surface area contributed by atoms with Crippen molar-refractivity contribution >= 4 is 11.6 Å². The van der Waals surface area contributed by atoms with E-state index >= 15 is 0 Å². The monoisotopic (exact) mass is 392 g/mol. The second kappa shape index (κ2) is 8.76. The van der Waals surface area contributed by atoms with Gasteiger partial charge in [-0.2, -0.15) is 0 Å². The predicted octanol–water partition coefficient (Wildman–Crippen LogP) is 2.90. The van der Waals surface area contributed by atoms with E-state index in [9.17, 15) is 4.79 Å². The van der Waals surface area contributed by atoms with Crippen molar-refractivity contribution in [3.63, 3.8) is 0 Å². The minimum absolute atomic E-state index is 0.167. The van der Waals surface area contributed by atoms with E-state index in [1.165, 1.54) is 0 Å². The fourth-order valence-electron chi connectivity index (χ4n) is 3.62. The molecule has 0 aliphatic carbocycles. The van der Waals surface area contributed by atoms with E-state index < -0.39 is 0 Å². The third-order valence-electron chi connectivity index (χ3n) is 5.67. The van der Waals surface area contributed by atoms with Crippen LogP contribution < -0.4 is 0 Å². The summed E-state index contributed by atoms with van der Waals surface area (Å²) >= 11 is 0. The third kappa shape index (κ3) is 4.66. The molecule has 6 heteroatoms. The van der Waals surface area contributed by atoms with Crippen LogP contribution in [-0.4, -0.2) is 71.5 Å². The number of hydrogen-bond donors (Lipinski definition) is 0. The molecule has 3 heterocycles. The fourth-order valence-corrected chi connectivity index (χ4v) is 3.62. The predicted molar refractivity (Wildman–Crippen MR) is 114 cm³/mol. The van der Waals surface area contributed by atoms with Crippen LogP contribution in [0.25, 0.3) is 16.9 Å². The Morgan fingerprint density at radius 1 is 1.10 bits per heavy atom. The van der Waals surface area contributed by atoms with Gasteiger partial charge in [-0.15, -0.1) is 0 Å². The quantitative estimate of drug-likeness (QED) is 0.604. The van der Waals surface area contributed by atoms with Gasteiger partial charge in [-0.05, 0) is 31.7 Å². The van der Waals surface area contributed by atoms with Crippen LogP contribution in [0.3, 0.4) is 0 Å². The Morgan fingerprint density at radius 3 is 2.59 bits per heavy atom. The molecular weight excluding hydrogens is 364 g/mol. The molecule has 0 bridgehead atoms. The van der Waals surface area contributed by atoms with Crippen LogP contribution in [0.1, 0.15) is 18.4 Å². The van der Waals surface area contributed by atoms with Crippen molar-refractivity contribution in [2.75, 3.05) is 46.4 Å². The van der Waals surface area contributed by atoms with Crippen molar-refractivity contribution in [3.05, 3.63) is 60.4 Å². The van der Waals surface area contributed by atoms with Gasteiger partial charge in [0.15, 0.2) is 0 Å². The van der Waals surface area contributed by atoms with Crippen LogP contribution in [0.15, 0.2) is 54.9 Å². The van der Waals surface area contributed by atoms with Crippen LogP contribution in [0.5, 0.6) is 0 Å². The summed E-state index contributed by atoms with van der Waals surface area (Å²) in [7, 11) is 2.14. The maximum atomic E-state index is 12.4. The van der Waals surface area contributed by atoms with Crippen LogP contribution in [0, 0.1) is 0 Å². The summed E-state index contributed by atoms with van der Waals surface area (Å²) in [6.07, 6.45) is 4.00. The van der Waals surface area contributed by atoms with Gasteiger partial charge in [0.1, 0.15) is 12.3 Å². The number of imidazole rings is 1. The molecule has 6 nitrogen and oxygen atoms in total. The summed E-state index contributed by atoms with van der Waals surface area (Å²) in [5, 5.41) is 0. The second-order valence-electron chi connectivity index (χ2n) is 7.75. The number of ether oxygens (including phenoxy) is 1. The zero-order valence-electron chi connectivity index (χ0n) is 17.1. The Bertz CT molecular complexity index is 925. The SMILES string of the molecule is CC(C(=O)OCCN1CCN(C)CC1)c1ccc(-c2cn3ccccc3n2)cc1. The number of hydrogen-bond acceptors (Lipinski definition) is 5. The Kier molecular flexibility index (Phi) is 5.92. The molecule has 2 aromatic heterocycles. The van der Waals surface area contributed by atoms with E-state index in [-0.39, 0.29) is 11.9 Å². The van der Waals surface area contributed by atoms with E-state index in [0.717, 1.165) is 55.2 Å². The van der Waals surface area contributed by atoms with Crippen LogP contribution in [-0.2, 0) is 9.53 Å². The number of likely N-dealkylation sites (N-methyl/N-ethyl adjacent to an activating group) is 1. The Hall–Kier alpha value is -2.70. The van der Waals surface area contributed by atoms with Gasteiger partial charge in [0.2, 0.25) is 0 Å². The molecule has 0 amide bonds. The normalized spacial score (nSPS) is 16.8. The van der Waals surface area contributed by atoms with Crippen molar-refractivity contribution in [2.45, 2.75) is 12.8 Å². The molecule has 1 saturated heterocycles. The lowest BCUT2D eigenvalue weighted by Gasteiger charge is -2.32. The van der Waals surface area contributed by atoms with Crippen LogP contribution in [0.2, 0.25) is 0 Å². The summed E-state index contributed by atoms with van der Waals surface area (Å²) < 4.78 is 7.54. The summed E-state index contributed by atoms with van der Waals surface area (Å²) in [5.41, 5.74) is 3.84. The number of carbonyl (C=O) groups excluding carboxylic acids is 1. The standard InChI is InChI=1S/C23H28N4O2/c1-18(23(28)29-16-15-26-13-11-25(2)12-14-26)19-6-8-20(9-7-19)21-17-27-10-4-3-5-22(27)24-21/h3-10,17-18H,11-16H2,1-2H3. The molecule has 4 rings (SSSR count). The zero-order valence-corrected chi connectivity index (χ0v) is 17.1. The van der Waals surface area contributed by atoms with Gasteiger partial charge in [-0.3, -0.25) is 9.69 Å². The molecule has 3 aromatic rings. The van der Waals surface area contributed by atoms with Gasteiger partial charge in [0.25, 0.3) is 0 Å². The molecule has 152 valence electrons. The van der Waals surface area contributed by atoms with Crippen LogP contribution in [0.4, 0.5) is 0 Å². The van der Waals surface area contributed by atoms with Crippen molar-refractivity contribution in [3.8, 4) is 11.3 Å². The lowest BCUT2D eigenvalue weighted by atomic mass is 9.99. The molecule has 1 unspecified atom stereocenters. The van der Waals surface area contributed by atoms with Crippen molar-refractivity contribution in [2.24, 2.45) is 0 Å². The lowest BCUT2D eigenvalue weighted by molar-refractivity contribution is -0.145. The summed E-state index contributed by atoms with van der Waals surface area (Å²) in [5.74, 6) is -0.447. The largest absolute Gasteiger partial charge is 0.464 e. The van der Waals surface area contributed by atoms with Gasteiger partial charge in [0.05, 0.1) is 11.6 Å². The van der Waals surface area contributed by atoms with Crippen LogP contribution >= 0.6 is 0 Å². The number of pyridine rings is 1. The first-order chi connectivity index (χ1) is 14.1. The maximum Gasteiger partial charge on any atom is 0.313 e. The summed E-state index contributed by atoms with van der Waals surface area (Å²) in [6.45, 7) is 7.37. The summed E-state index contributed by atoms with van der Waals surface area (Å²) in [4.78, 5) is 21.8. The van der Waals surface area contributed by atoms with Crippen molar-refractivity contribution < 1.29 is 9.53 Å². The Balaban J connectivity index is 1.32. The third-order valence-corrected chi connectivity index (χ3v) is 5.67. The molecule has 0 radical (unpaired) electrons. The molecule has 1 fully saturated rings. The van der Waals surface area contributed by atoms with E-state index in [4.69, 9.17) is 4.74 Å². The van der Waals surface area contributed by atoms with E-state index in [2.05, 4.69) is 21.8 Å². The number of nitrogens with zero attached hydrogens (tertiary/aromatic N) is 4. The van der Waals surface area contributed by atoms with E-state index in [0.29, 0.717) is 6.61 Å². The van der Waals surface area contributed by atoms with E-state index in [1.54, 1.807) is 0 Å². The minimum atomic E-state index is -0.280. The van der Waals surface area contributed by atoms with Gasteiger partial charge in [0, 0.05) is 50.7 Å². The topological polar surface area (TPSA) is 50.1 Å². The highest BCUT2D eigenvalue weighted by Crippen LogP contribution is 2.23. The maximum absolute atomic E-state index is 12.4. The highest BCUT2D eigenvalue weighted by molar-refractivity contribution is 5.78.